The maximum absolute atomic E-state index is 5.72. The summed E-state index contributed by atoms with van der Waals surface area (Å²) in [7, 11) is 0. The Morgan fingerprint density at radius 2 is 1.36 bits per heavy atom. The molecule has 0 heterocycles. The van der Waals surface area contributed by atoms with Crippen molar-refractivity contribution in [2.45, 2.75) is 19.8 Å². The van der Waals surface area contributed by atoms with Crippen molar-refractivity contribution in [1.29, 1.82) is 0 Å². The van der Waals surface area contributed by atoms with Gasteiger partial charge >= 0.3 is 0 Å². The van der Waals surface area contributed by atoms with Gasteiger partial charge in [-0.3, -0.25) is 0 Å². The van der Waals surface area contributed by atoms with Crippen LogP contribution in [0.4, 0.5) is 5.69 Å². The summed E-state index contributed by atoms with van der Waals surface area (Å²) in [5.74, 6) is 2.33. The molecule has 2 aromatic carbocycles. The van der Waals surface area contributed by atoms with E-state index in [4.69, 9.17) is 19.9 Å². The summed E-state index contributed by atoms with van der Waals surface area (Å²) in [6.07, 6.45) is 2.24. The minimum atomic E-state index is 0.557. The summed E-state index contributed by atoms with van der Waals surface area (Å²) < 4.78 is 16.8. The van der Waals surface area contributed by atoms with Crippen molar-refractivity contribution < 1.29 is 14.2 Å². The van der Waals surface area contributed by atoms with E-state index in [0.29, 0.717) is 13.2 Å². The number of rotatable bonds is 9. The topological polar surface area (TPSA) is 53.7 Å². The molecule has 0 aliphatic rings. The summed E-state index contributed by atoms with van der Waals surface area (Å²) in [6.45, 7) is 4.12. The quantitative estimate of drug-likeness (QED) is 0.555. The number of anilines is 1. The molecule has 0 aromatic heterocycles. The van der Waals surface area contributed by atoms with Crippen molar-refractivity contribution in [3.8, 4) is 17.2 Å². The second-order valence-corrected chi connectivity index (χ2v) is 4.96. The fourth-order valence-electron chi connectivity index (χ4n) is 1.84. The standard InChI is InChI=1S/C18H23NO3/c1-2-3-12-20-13-14-21-16-8-10-18(11-9-16)22-17-6-4-15(19)5-7-17/h4-11H,2-3,12-14,19H2,1H3. The van der Waals surface area contributed by atoms with Crippen LogP contribution in [0.25, 0.3) is 0 Å². The molecule has 0 radical (unpaired) electrons. The van der Waals surface area contributed by atoms with Crippen molar-refractivity contribution in [1.82, 2.24) is 0 Å². The molecule has 0 amide bonds. The van der Waals surface area contributed by atoms with Crippen LogP contribution in [-0.2, 0) is 4.74 Å². The van der Waals surface area contributed by atoms with Crippen molar-refractivity contribution in [2.24, 2.45) is 0 Å². The molecule has 0 fully saturated rings. The van der Waals surface area contributed by atoms with E-state index >= 15 is 0 Å². The first-order valence-corrected chi connectivity index (χ1v) is 7.62. The number of hydrogen-bond acceptors (Lipinski definition) is 4. The van der Waals surface area contributed by atoms with Crippen LogP contribution in [0.15, 0.2) is 48.5 Å². The van der Waals surface area contributed by atoms with Crippen LogP contribution < -0.4 is 15.2 Å². The highest BCUT2D eigenvalue weighted by molar-refractivity contribution is 5.43. The van der Waals surface area contributed by atoms with Crippen LogP contribution in [0.1, 0.15) is 19.8 Å². The zero-order valence-electron chi connectivity index (χ0n) is 13.0. The van der Waals surface area contributed by atoms with Crippen LogP contribution in [0.3, 0.4) is 0 Å². The van der Waals surface area contributed by atoms with E-state index in [1.54, 1.807) is 0 Å². The smallest absolute Gasteiger partial charge is 0.127 e. The predicted octanol–water partition coefficient (Wildman–Crippen LogP) is 4.26. The highest BCUT2D eigenvalue weighted by atomic mass is 16.5. The average molecular weight is 301 g/mol. The van der Waals surface area contributed by atoms with Gasteiger partial charge in [0.1, 0.15) is 23.9 Å². The predicted molar refractivity (Wildman–Crippen MR) is 88.6 cm³/mol. The molecular weight excluding hydrogens is 278 g/mol. The summed E-state index contributed by atoms with van der Waals surface area (Å²) in [4.78, 5) is 0. The van der Waals surface area contributed by atoms with Gasteiger partial charge in [-0.15, -0.1) is 0 Å². The molecule has 4 nitrogen and oxygen atoms in total. The molecule has 2 N–H and O–H groups in total. The van der Waals surface area contributed by atoms with Crippen molar-refractivity contribution in [3.05, 3.63) is 48.5 Å². The maximum atomic E-state index is 5.72. The minimum absolute atomic E-state index is 0.557. The zero-order chi connectivity index (χ0) is 15.6. The van der Waals surface area contributed by atoms with E-state index < -0.39 is 0 Å². The highest BCUT2D eigenvalue weighted by Crippen LogP contribution is 2.24. The Bertz CT molecular complexity index is 537. The summed E-state index contributed by atoms with van der Waals surface area (Å²) in [6, 6.07) is 14.8. The fourth-order valence-corrected chi connectivity index (χ4v) is 1.84. The number of nitrogens with two attached hydrogens (primary N) is 1. The second-order valence-electron chi connectivity index (χ2n) is 4.96. The van der Waals surface area contributed by atoms with Crippen LogP contribution in [0.2, 0.25) is 0 Å². The molecule has 0 saturated carbocycles. The van der Waals surface area contributed by atoms with Gasteiger partial charge < -0.3 is 19.9 Å². The van der Waals surface area contributed by atoms with Crippen LogP contribution >= 0.6 is 0 Å². The molecule has 2 aromatic rings. The van der Waals surface area contributed by atoms with E-state index in [1.165, 1.54) is 0 Å². The van der Waals surface area contributed by atoms with Gasteiger partial charge in [0, 0.05) is 12.3 Å². The molecule has 0 saturated heterocycles. The van der Waals surface area contributed by atoms with E-state index in [2.05, 4.69) is 6.92 Å². The Labute approximate surface area is 131 Å². The molecule has 4 heteroatoms. The van der Waals surface area contributed by atoms with Gasteiger partial charge in [-0.25, -0.2) is 0 Å². The van der Waals surface area contributed by atoms with Gasteiger partial charge in [-0.2, -0.15) is 0 Å². The summed E-state index contributed by atoms with van der Waals surface area (Å²) >= 11 is 0. The van der Waals surface area contributed by atoms with Crippen molar-refractivity contribution in [3.63, 3.8) is 0 Å². The van der Waals surface area contributed by atoms with Gasteiger partial charge in [-0.1, -0.05) is 13.3 Å². The Kier molecular flexibility index (Phi) is 6.58. The first-order chi connectivity index (χ1) is 10.8. The normalized spacial score (nSPS) is 10.4. The van der Waals surface area contributed by atoms with Crippen LogP contribution in [-0.4, -0.2) is 19.8 Å². The number of nitrogen functional groups attached to an aromatic ring is 1. The Morgan fingerprint density at radius 3 is 2.00 bits per heavy atom. The van der Waals surface area contributed by atoms with Gasteiger partial charge in [0.05, 0.1) is 6.61 Å². The Morgan fingerprint density at radius 1 is 0.773 bits per heavy atom. The fraction of sp³-hybridized carbons (Fsp3) is 0.333. The molecule has 0 atom stereocenters. The number of benzene rings is 2. The first-order valence-electron chi connectivity index (χ1n) is 7.62. The second kappa shape index (κ2) is 8.95. The lowest BCUT2D eigenvalue weighted by Gasteiger charge is -2.09. The molecule has 0 bridgehead atoms. The highest BCUT2D eigenvalue weighted by Gasteiger charge is 1.99. The van der Waals surface area contributed by atoms with Crippen molar-refractivity contribution >= 4 is 5.69 Å². The van der Waals surface area contributed by atoms with Gasteiger partial charge in [0.25, 0.3) is 0 Å². The van der Waals surface area contributed by atoms with E-state index in [9.17, 15) is 0 Å². The lowest BCUT2D eigenvalue weighted by atomic mass is 10.3. The van der Waals surface area contributed by atoms with Gasteiger partial charge in [0.15, 0.2) is 0 Å². The Hall–Kier alpha value is -2.20. The molecule has 0 aliphatic heterocycles. The van der Waals surface area contributed by atoms with Crippen molar-refractivity contribution in [2.75, 3.05) is 25.6 Å². The summed E-state index contributed by atoms with van der Waals surface area (Å²) in [5.41, 5.74) is 6.36. The lowest BCUT2D eigenvalue weighted by Crippen LogP contribution is -2.07. The van der Waals surface area contributed by atoms with Gasteiger partial charge in [-0.05, 0) is 55.0 Å². The number of ether oxygens (including phenoxy) is 3. The summed E-state index contributed by atoms with van der Waals surface area (Å²) in [5, 5.41) is 0. The third-order valence-corrected chi connectivity index (χ3v) is 3.08. The van der Waals surface area contributed by atoms with E-state index in [0.717, 1.165) is 42.4 Å². The van der Waals surface area contributed by atoms with E-state index in [1.807, 2.05) is 48.5 Å². The average Bonchev–Trinajstić information content (AvgIpc) is 2.54. The van der Waals surface area contributed by atoms with Gasteiger partial charge in [0.2, 0.25) is 0 Å². The molecular formula is C18H23NO3. The minimum Gasteiger partial charge on any atom is -0.491 e. The molecule has 0 unspecified atom stereocenters. The SMILES string of the molecule is CCCCOCCOc1ccc(Oc2ccc(N)cc2)cc1. The van der Waals surface area contributed by atoms with Crippen LogP contribution in [0, 0.1) is 0 Å². The van der Waals surface area contributed by atoms with E-state index in [-0.39, 0.29) is 0 Å². The number of unbranched alkanes of at least 4 members (excludes halogenated alkanes) is 1. The number of hydrogen-bond donors (Lipinski definition) is 1. The monoisotopic (exact) mass is 301 g/mol. The first kappa shape index (κ1) is 16.2. The maximum Gasteiger partial charge on any atom is 0.127 e. The molecule has 0 aliphatic carbocycles. The Balaban J connectivity index is 1.74. The third-order valence-electron chi connectivity index (χ3n) is 3.08. The molecule has 22 heavy (non-hydrogen) atoms. The molecule has 0 spiro atoms. The largest absolute Gasteiger partial charge is 0.491 e. The molecule has 2 rings (SSSR count). The lowest BCUT2D eigenvalue weighted by molar-refractivity contribution is 0.0980. The zero-order valence-corrected chi connectivity index (χ0v) is 13.0. The third kappa shape index (κ3) is 5.66. The van der Waals surface area contributed by atoms with Crippen LogP contribution in [0.5, 0.6) is 17.2 Å². The molecule has 118 valence electrons.